The van der Waals surface area contributed by atoms with E-state index in [-0.39, 0.29) is 0 Å². The Morgan fingerprint density at radius 1 is 1.50 bits per heavy atom. The van der Waals surface area contributed by atoms with Gasteiger partial charge in [-0.3, -0.25) is 0 Å². The van der Waals surface area contributed by atoms with Crippen LogP contribution < -0.4 is 0 Å². The summed E-state index contributed by atoms with van der Waals surface area (Å²) in [4.78, 5) is 0. The van der Waals surface area contributed by atoms with Gasteiger partial charge in [0.15, 0.2) is 6.17 Å². The summed E-state index contributed by atoms with van der Waals surface area (Å²) >= 11 is 0. The average Bonchev–Trinajstić information content (AvgIpc) is 1.81. The van der Waals surface area contributed by atoms with Crippen LogP contribution in [0.1, 0.15) is 6.92 Å². The van der Waals surface area contributed by atoms with Crippen molar-refractivity contribution in [3.63, 3.8) is 0 Å². The van der Waals surface area contributed by atoms with Crippen molar-refractivity contribution in [2.24, 2.45) is 0 Å². The molecule has 0 amide bonds. The molecule has 0 rings (SSSR count). The molecule has 0 fully saturated rings. The predicted octanol–water partition coefficient (Wildman–Crippen LogP) is 1.92. The summed E-state index contributed by atoms with van der Waals surface area (Å²) in [5, 5.41) is 0. The molecule has 0 bridgehead atoms. The van der Waals surface area contributed by atoms with Gasteiger partial charge in [0.2, 0.25) is 0 Å². The van der Waals surface area contributed by atoms with Gasteiger partial charge in [0.1, 0.15) is 6.67 Å². The maximum atomic E-state index is 11.8. The maximum absolute atomic E-state index is 11.8. The van der Waals surface area contributed by atoms with Crippen LogP contribution in [-0.2, 0) is 4.74 Å². The highest BCUT2D eigenvalue weighted by Crippen LogP contribution is 2.13. The highest BCUT2D eigenvalue weighted by molar-refractivity contribution is 4.51. The molecule has 0 aliphatic rings. The highest BCUT2D eigenvalue weighted by atomic mass is 19.3. The summed E-state index contributed by atoms with van der Waals surface area (Å²) in [5.41, 5.74) is 0. The van der Waals surface area contributed by atoms with E-state index in [1.54, 1.807) is 0 Å². The van der Waals surface area contributed by atoms with E-state index in [0.717, 1.165) is 0 Å². The van der Waals surface area contributed by atoms with E-state index < -0.39 is 25.6 Å². The van der Waals surface area contributed by atoms with Crippen LogP contribution in [0.15, 0.2) is 0 Å². The molecule has 0 heterocycles. The number of halogens is 4. The molecule has 0 aromatic carbocycles. The molecule has 0 aliphatic heterocycles. The fourth-order valence-electron chi connectivity index (χ4n) is 0.281. The van der Waals surface area contributed by atoms with Gasteiger partial charge in [-0.25, -0.2) is 8.78 Å². The first-order chi connectivity index (χ1) is 4.45. The average molecular weight is 160 g/mol. The van der Waals surface area contributed by atoms with Crippen molar-refractivity contribution in [3.05, 3.63) is 0 Å². The molecule has 1 unspecified atom stereocenters. The minimum absolute atomic E-state index is 0.470. The van der Waals surface area contributed by atoms with E-state index in [9.17, 15) is 17.6 Å². The van der Waals surface area contributed by atoms with E-state index in [4.69, 9.17) is 0 Å². The van der Waals surface area contributed by atoms with E-state index in [1.165, 1.54) is 0 Å². The molecule has 0 aliphatic carbocycles. The summed E-state index contributed by atoms with van der Waals surface area (Å²) in [6.45, 7) is -1.73. The van der Waals surface area contributed by atoms with Gasteiger partial charge in [-0.05, 0) is 0 Å². The fourth-order valence-corrected chi connectivity index (χ4v) is 0.281. The van der Waals surface area contributed by atoms with Crippen LogP contribution in [0.5, 0.6) is 0 Å². The molecule has 1 atom stereocenters. The lowest BCUT2D eigenvalue weighted by Gasteiger charge is -2.11. The smallest absolute Gasteiger partial charge is 0.318 e. The van der Waals surface area contributed by atoms with Crippen LogP contribution in [0.4, 0.5) is 17.6 Å². The number of ether oxygens (including phenoxy) is 1. The van der Waals surface area contributed by atoms with Crippen molar-refractivity contribution in [1.82, 2.24) is 0 Å². The van der Waals surface area contributed by atoms with Crippen LogP contribution in [0.2, 0.25) is 0 Å². The summed E-state index contributed by atoms with van der Waals surface area (Å²) in [6, 6.07) is 0. The largest absolute Gasteiger partial charge is 0.353 e. The highest BCUT2D eigenvalue weighted by Gasteiger charge is 2.23. The summed E-state index contributed by atoms with van der Waals surface area (Å²) in [6.07, 6.45) is -5.33. The Morgan fingerprint density at radius 3 is 2.30 bits per heavy atom. The second-order valence-electron chi connectivity index (χ2n) is 1.87. The zero-order valence-electron chi connectivity index (χ0n) is 5.41. The Morgan fingerprint density at radius 2 is 2.00 bits per heavy atom. The van der Waals surface area contributed by atoms with E-state index in [2.05, 4.69) is 4.74 Å². The zero-order valence-corrected chi connectivity index (χ0v) is 5.41. The van der Waals surface area contributed by atoms with Crippen LogP contribution in [-0.4, -0.2) is 25.6 Å². The lowest BCUT2D eigenvalue weighted by molar-refractivity contribution is -0.231. The van der Waals surface area contributed by atoms with E-state index in [1.807, 2.05) is 0 Å². The monoisotopic (exact) mass is 160 g/mol. The molecule has 0 N–H and O–H groups in total. The third kappa shape index (κ3) is 5.81. The minimum atomic E-state index is -3.38. The van der Waals surface area contributed by atoms with Crippen molar-refractivity contribution < 1.29 is 22.3 Å². The predicted molar refractivity (Wildman–Crippen MR) is 27.4 cm³/mol. The van der Waals surface area contributed by atoms with Crippen molar-refractivity contribution in [2.75, 3.05) is 13.3 Å². The molecule has 1 nitrogen and oxygen atoms in total. The molecule has 0 saturated carbocycles. The summed E-state index contributed by atoms with van der Waals surface area (Å²) in [5.74, 6) is 0. The van der Waals surface area contributed by atoms with Gasteiger partial charge in [-0.1, -0.05) is 0 Å². The lowest BCUT2D eigenvalue weighted by Crippen LogP contribution is -2.22. The molecular weight excluding hydrogens is 152 g/mol. The van der Waals surface area contributed by atoms with Gasteiger partial charge in [-0.2, -0.15) is 8.78 Å². The standard InChI is InChI=1S/C5H8F4O/c1-5(8,9)10-3-4(7)2-6/h4H,2-3H2,1H3. The molecule has 5 heteroatoms. The van der Waals surface area contributed by atoms with E-state index in [0.29, 0.717) is 6.92 Å². The Balaban J connectivity index is 3.36. The second-order valence-corrected chi connectivity index (χ2v) is 1.87. The van der Waals surface area contributed by atoms with Gasteiger partial charge in [0.25, 0.3) is 0 Å². The van der Waals surface area contributed by atoms with Crippen molar-refractivity contribution in [2.45, 2.75) is 19.2 Å². The fraction of sp³-hybridized carbons (Fsp3) is 1.00. The molecule has 0 aromatic rings. The van der Waals surface area contributed by atoms with Crippen molar-refractivity contribution in [3.8, 4) is 0 Å². The number of alkyl halides is 4. The first-order valence-electron chi connectivity index (χ1n) is 2.67. The van der Waals surface area contributed by atoms with Crippen molar-refractivity contribution in [1.29, 1.82) is 0 Å². The summed E-state index contributed by atoms with van der Waals surface area (Å²) in [7, 11) is 0. The first-order valence-corrected chi connectivity index (χ1v) is 2.67. The quantitative estimate of drug-likeness (QED) is 0.571. The third-order valence-corrected chi connectivity index (χ3v) is 0.685. The van der Waals surface area contributed by atoms with Gasteiger partial charge in [0, 0.05) is 6.92 Å². The Labute approximate surface area is 56.0 Å². The lowest BCUT2D eigenvalue weighted by atomic mass is 10.4. The summed E-state index contributed by atoms with van der Waals surface area (Å²) < 4.78 is 50.1. The Kier molecular flexibility index (Phi) is 3.63. The normalized spacial score (nSPS) is 15.3. The number of hydrogen-bond donors (Lipinski definition) is 0. The maximum Gasteiger partial charge on any atom is 0.353 e. The molecule has 0 saturated heterocycles. The first kappa shape index (κ1) is 9.68. The van der Waals surface area contributed by atoms with Gasteiger partial charge in [0.05, 0.1) is 6.61 Å². The Bertz CT molecular complexity index is 90.1. The molecular formula is C5H8F4O. The zero-order chi connectivity index (χ0) is 8.20. The van der Waals surface area contributed by atoms with Crippen LogP contribution in [0.25, 0.3) is 0 Å². The topological polar surface area (TPSA) is 9.23 Å². The number of hydrogen-bond acceptors (Lipinski definition) is 1. The molecule has 62 valence electrons. The van der Waals surface area contributed by atoms with Crippen molar-refractivity contribution >= 4 is 0 Å². The number of rotatable bonds is 4. The minimum Gasteiger partial charge on any atom is -0.318 e. The molecule has 0 radical (unpaired) electrons. The Hall–Kier alpha value is -0.320. The SMILES string of the molecule is CC(F)(F)OCC(F)CF. The van der Waals surface area contributed by atoms with Gasteiger partial charge >= 0.3 is 6.11 Å². The van der Waals surface area contributed by atoms with Gasteiger partial charge < -0.3 is 4.74 Å². The molecule has 10 heavy (non-hydrogen) atoms. The molecule has 0 aromatic heterocycles. The second kappa shape index (κ2) is 3.75. The van der Waals surface area contributed by atoms with Gasteiger partial charge in [-0.15, -0.1) is 0 Å². The van der Waals surface area contributed by atoms with Crippen LogP contribution in [0.3, 0.4) is 0 Å². The molecule has 0 spiro atoms. The van der Waals surface area contributed by atoms with E-state index >= 15 is 0 Å². The van der Waals surface area contributed by atoms with Crippen LogP contribution >= 0.6 is 0 Å². The third-order valence-electron chi connectivity index (χ3n) is 0.685. The van der Waals surface area contributed by atoms with Crippen LogP contribution in [0, 0.1) is 0 Å².